The van der Waals surface area contributed by atoms with E-state index in [0.717, 1.165) is 10.6 Å². The van der Waals surface area contributed by atoms with Crippen LogP contribution in [0.3, 0.4) is 0 Å². The molecule has 0 fully saturated rings. The molecule has 3 rings (SSSR count). The zero-order valence-electron chi connectivity index (χ0n) is 14.6. The predicted molar refractivity (Wildman–Crippen MR) is 91.2 cm³/mol. The van der Waals surface area contributed by atoms with Gasteiger partial charge in [0, 0.05) is 19.7 Å². The topological polar surface area (TPSA) is 88.1 Å². The SMILES string of the molecule is Cn1c(=O)c2c(ncn2CCOC(=O)Cc2cccc(F)c2F)n(C)c1=O. The second kappa shape index (κ2) is 7.14. The molecule has 0 spiro atoms. The summed E-state index contributed by atoms with van der Waals surface area (Å²) in [7, 11) is 2.85. The van der Waals surface area contributed by atoms with Gasteiger partial charge in [-0.3, -0.25) is 18.7 Å². The third kappa shape index (κ3) is 3.37. The fourth-order valence-corrected chi connectivity index (χ4v) is 2.72. The molecule has 0 N–H and O–H groups in total. The van der Waals surface area contributed by atoms with E-state index in [0.29, 0.717) is 0 Å². The van der Waals surface area contributed by atoms with E-state index in [4.69, 9.17) is 4.74 Å². The lowest BCUT2D eigenvalue weighted by molar-refractivity contribution is -0.143. The Morgan fingerprint density at radius 3 is 2.67 bits per heavy atom. The van der Waals surface area contributed by atoms with Crippen LogP contribution in [0.15, 0.2) is 34.1 Å². The lowest BCUT2D eigenvalue weighted by atomic mass is 10.1. The van der Waals surface area contributed by atoms with Gasteiger partial charge in [0.25, 0.3) is 5.56 Å². The maximum atomic E-state index is 13.6. The first-order valence-corrected chi connectivity index (χ1v) is 8.00. The molecule has 0 amide bonds. The highest BCUT2D eigenvalue weighted by Gasteiger charge is 2.15. The monoisotopic (exact) mass is 378 g/mol. The van der Waals surface area contributed by atoms with Crippen molar-refractivity contribution in [1.29, 1.82) is 0 Å². The fraction of sp³-hybridized carbons (Fsp3) is 0.294. The number of hydrogen-bond donors (Lipinski definition) is 0. The van der Waals surface area contributed by atoms with E-state index in [1.807, 2.05) is 0 Å². The number of benzene rings is 1. The van der Waals surface area contributed by atoms with E-state index in [2.05, 4.69) is 4.98 Å². The van der Waals surface area contributed by atoms with Crippen molar-refractivity contribution in [2.75, 3.05) is 6.61 Å². The largest absolute Gasteiger partial charge is 0.464 e. The number of carbonyl (C=O) groups is 1. The summed E-state index contributed by atoms with van der Waals surface area (Å²) >= 11 is 0. The molecule has 27 heavy (non-hydrogen) atoms. The number of hydrogen-bond acceptors (Lipinski definition) is 5. The number of aryl methyl sites for hydroxylation is 1. The Bertz CT molecular complexity index is 1150. The fourth-order valence-electron chi connectivity index (χ4n) is 2.72. The van der Waals surface area contributed by atoms with Gasteiger partial charge in [0.2, 0.25) is 0 Å². The van der Waals surface area contributed by atoms with Gasteiger partial charge in [-0.25, -0.2) is 18.6 Å². The highest BCUT2D eigenvalue weighted by molar-refractivity contribution is 5.72. The van der Waals surface area contributed by atoms with Gasteiger partial charge in [-0.1, -0.05) is 12.1 Å². The Hall–Kier alpha value is -3.30. The van der Waals surface area contributed by atoms with Gasteiger partial charge >= 0.3 is 11.7 Å². The van der Waals surface area contributed by atoms with Gasteiger partial charge in [-0.15, -0.1) is 0 Å². The van der Waals surface area contributed by atoms with Gasteiger partial charge in [0.1, 0.15) is 6.61 Å². The quantitative estimate of drug-likeness (QED) is 0.604. The van der Waals surface area contributed by atoms with Gasteiger partial charge < -0.3 is 9.30 Å². The Labute approximate surface area is 151 Å². The summed E-state index contributed by atoms with van der Waals surface area (Å²) in [6.45, 7) is 0.00847. The van der Waals surface area contributed by atoms with Crippen LogP contribution in [0.1, 0.15) is 5.56 Å². The van der Waals surface area contributed by atoms with Crippen molar-refractivity contribution < 1.29 is 18.3 Å². The zero-order chi connectivity index (χ0) is 19.7. The summed E-state index contributed by atoms with van der Waals surface area (Å²) in [5.74, 6) is -2.85. The summed E-state index contributed by atoms with van der Waals surface area (Å²) in [6, 6.07) is 3.56. The van der Waals surface area contributed by atoms with Gasteiger partial charge in [0.05, 0.1) is 19.3 Å². The normalized spacial score (nSPS) is 11.1. The highest BCUT2D eigenvalue weighted by Crippen LogP contribution is 2.12. The summed E-state index contributed by atoms with van der Waals surface area (Å²) in [5.41, 5.74) is -0.694. The smallest absolute Gasteiger partial charge is 0.332 e. The van der Waals surface area contributed by atoms with E-state index in [1.54, 1.807) is 0 Å². The molecule has 0 unspecified atom stereocenters. The number of rotatable bonds is 5. The standard InChI is InChI=1S/C17H16F2N4O4/c1-21-15-14(16(25)22(2)17(21)26)23(9-20-15)6-7-27-12(24)8-10-4-3-5-11(18)13(10)19/h3-5,9H,6-8H2,1-2H3. The number of imidazole rings is 1. The molecular formula is C17H16F2N4O4. The van der Waals surface area contributed by atoms with E-state index in [-0.39, 0.29) is 29.9 Å². The van der Waals surface area contributed by atoms with Gasteiger partial charge in [-0.05, 0) is 6.07 Å². The molecule has 0 aliphatic rings. The molecule has 1 aromatic carbocycles. The van der Waals surface area contributed by atoms with Crippen molar-refractivity contribution in [3.05, 3.63) is 62.6 Å². The first-order chi connectivity index (χ1) is 12.8. The number of nitrogens with zero attached hydrogens (tertiary/aromatic N) is 4. The number of ether oxygens (including phenoxy) is 1. The van der Waals surface area contributed by atoms with Crippen LogP contribution in [0.4, 0.5) is 8.78 Å². The van der Waals surface area contributed by atoms with E-state index in [9.17, 15) is 23.2 Å². The van der Waals surface area contributed by atoms with Crippen molar-refractivity contribution in [2.45, 2.75) is 13.0 Å². The minimum absolute atomic E-state index is 0.100. The highest BCUT2D eigenvalue weighted by atomic mass is 19.2. The average Bonchev–Trinajstić information content (AvgIpc) is 3.06. The number of fused-ring (bicyclic) bond motifs is 1. The van der Waals surface area contributed by atoms with E-state index >= 15 is 0 Å². The molecule has 0 aliphatic carbocycles. The van der Waals surface area contributed by atoms with Crippen LogP contribution in [0, 0.1) is 11.6 Å². The Kier molecular flexibility index (Phi) is 4.89. The molecule has 2 heterocycles. The number of aromatic nitrogens is 4. The molecule has 8 nitrogen and oxygen atoms in total. The second-order valence-corrected chi connectivity index (χ2v) is 5.93. The minimum atomic E-state index is -1.08. The first kappa shape index (κ1) is 18.5. The molecule has 0 radical (unpaired) electrons. The zero-order valence-corrected chi connectivity index (χ0v) is 14.6. The lowest BCUT2D eigenvalue weighted by Crippen LogP contribution is -2.37. The molecule has 10 heteroatoms. The minimum Gasteiger partial charge on any atom is -0.464 e. The molecule has 0 aliphatic heterocycles. The Morgan fingerprint density at radius 2 is 1.93 bits per heavy atom. The van der Waals surface area contributed by atoms with Crippen LogP contribution < -0.4 is 11.2 Å². The van der Waals surface area contributed by atoms with Crippen molar-refractivity contribution in [3.8, 4) is 0 Å². The maximum Gasteiger partial charge on any atom is 0.332 e. The first-order valence-electron chi connectivity index (χ1n) is 8.00. The second-order valence-electron chi connectivity index (χ2n) is 5.93. The van der Waals surface area contributed by atoms with Crippen LogP contribution in [-0.4, -0.2) is 31.3 Å². The van der Waals surface area contributed by atoms with Crippen LogP contribution in [0.2, 0.25) is 0 Å². The predicted octanol–water partition coefficient (Wildman–Crippen LogP) is 0.498. The summed E-state index contributed by atoms with van der Waals surface area (Å²) in [5, 5.41) is 0. The number of halogens is 2. The van der Waals surface area contributed by atoms with Crippen molar-refractivity contribution in [2.24, 2.45) is 14.1 Å². The van der Waals surface area contributed by atoms with Gasteiger partial charge in [0.15, 0.2) is 22.8 Å². The van der Waals surface area contributed by atoms with Crippen molar-refractivity contribution >= 4 is 17.1 Å². The summed E-state index contributed by atoms with van der Waals surface area (Å²) in [6.07, 6.45) is 0.954. The maximum absolute atomic E-state index is 13.6. The van der Waals surface area contributed by atoms with Gasteiger partial charge in [-0.2, -0.15) is 0 Å². The lowest BCUT2D eigenvalue weighted by Gasteiger charge is -2.08. The van der Waals surface area contributed by atoms with Crippen LogP contribution in [0.25, 0.3) is 11.2 Å². The number of esters is 1. The van der Waals surface area contributed by atoms with Crippen LogP contribution in [0.5, 0.6) is 0 Å². The van der Waals surface area contributed by atoms with Crippen molar-refractivity contribution in [3.63, 3.8) is 0 Å². The molecule has 3 aromatic rings. The molecule has 0 atom stereocenters. The van der Waals surface area contributed by atoms with Crippen LogP contribution in [-0.2, 0) is 36.6 Å². The molecule has 0 saturated carbocycles. The average molecular weight is 378 g/mol. The number of carbonyl (C=O) groups excluding carboxylic acids is 1. The Morgan fingerprint density at radius 1 is 1.19 bits per heavy atom. The molecule has 0 saturated heterocycles. The molecule has 2 aromatic heterocycles. The van der Waals surface area contributed by atoms with Crippen LogP contribution >= 0.6 is 0 Å². The Balaban J connectivity index is 1.71. The third-order valence-corrected chi connectivity index (χ3v) is 4.18. The molecular weight excluding hydrogens is 362 g/mol. The van der Waals surface area contributed by atoms with E-state index < -0.39 is 35.3 Å². The van der Waals surface area contributed by atoms with Crippen molar-refractivity contribution in [1.82, 2.24) is 18.7 Å². The summed E-state index contributed by atoms with van der Waals surface area (Å²) < 4.78 is 35.4. The molecule has 0 bridgehead atoms. The summed E-state index contributed by atoms with van der Waals surface area (Å²) in [4.78, 5) is 40.1. The molecule has 142 valence electrons. The van der Waals surface area contributed by atoms with E-state index in [1.165, 1.54) is 41.7 Å². The third-order valence-electron chi connectivity index (χ3n) is 4.18.